The van der Waals surface area contributed by atoms with Crippen LogP contribution >= 0.6 is 0 Å². The van der Waals surface area contributed by atoms with E-state index in [1.807, 2.05) is 87.5 Å². The number of esters is 1. The van der Waals surface area contributed by atoms with E-state index in [9.17, 15) is 9.00 Å². The number of ether oxygens (including phenoxy) is 2. The molecule has 0 aliphatic heterocycles. The summed E-state index contributed by atoms with van der Waals surface area (Å²) in [4.78, 5) is 12.0. The first-order chi connectivity index (χ1) is 17.7. The van der Waals surface area contributed by atoms with E-state index in [4.69, 9.17) is 13.9 Å². The van der Waals surface area contributed by atoms with Gasteiger partial charge in [0, 0.05) is 22.7 Å². The molecule has 6 nitrogen and oxygen atoms in total. The molecule has 1 heterocycles. The zero-order valence-electron chi connectivity index (χ0n) is 21.5. The van der Waals surface area contributed by atoms with Gasteiger partial charge in [-0.15, -0.1) is 0 Å². The molecule has 4 rings (SSSR count). The van der Waals surface area contributed by atoms with Gasteiger partial charge in [-0.2, -0.15) is 4.40 Å². The number of benzene rings is 3. The van der Waals surface area contributed by atoms with Crippen LogP contribution in [0.15, 0.2) is 81.8 Å². The Balaban J connectivity index is 1.60. The third-order valence-electron chi connectivity index (χ3n) is 5.64. The summed E-state index contributed by atoms with van der Waals surface area (Å²) in [5, 5.41) is 0.962. The zero-order valence-corrected chi connectivity index (χ0v) is 22.3. The fraction of sp³-hybridized carbons (Fsp3) is 0.267. The van der Waals surface area contributed by atoms with Gasteiger partial charge in [0.15, 0.2) is 0 Å². The third-order valence-corrected chi connectivity index (χ3v) is 6.98. The lowest BCUT2D eigenvalue weighted by Crippen LogP contribution is -2.19. The molecule has 4 aromatic rings. The Hall–Kier alpha value is -3.71. The number of fused-ring (bicyclic) bond motifs is 1. The SMILES string of the molecule is CCOC(=O)Cc1ccccc1OCc1cc(-c2cccc(/C=N/S(=O)C(C)(C)C)c2)c2occc2c1. The van der Waals surface area contributed by atoms with E-state index in [1.165, 1.54) is 0 Å². The van der Waals surface area contributed by atoms with Crippen molar-refractivity contribution < 1.29 is 22.9 Å². The van der Waals surface area contributed by atoms with E-state index < -0.39 is 15.7 Å². The van der Waals surface area contributed by atoms with Crippen LogP contribution in [-0.2, 0) is 33.5 Å². The summed E-state index contributed by atoms with van der Waals surface area (Å²) in [6.45, 7) is 8.14. The van der Waals surface area contributed by atoms with E-state index in [0.29, 0.717) is 19.0 Å². The van der Waals surface area contributed by atoms with Gasteiger partial charge < -0.3 is 13.9 Å². The lowest BCUT2D eigenvalue weighted by atomic mass is 9.99. The molecule has 0 spiro atoms. The summed E-state index contributed by atoms with van der Waals surface area (Å²) in [5.74, 6) is 0.366. The van der Waals surface area contributed by atoms with Gasteiger partial charge in [-0.1, -0.05) is 36.4 Å². The Bertz CT molecular complexity index is 1450. The highest BCUT2D eigenvalue weighted by Crippen LogP contribution is 2.32. The maximum absolute atomic E-state index is 12.3. The second-order valence-corrected chi connectivity index (χ2v) is 11.5. The molecule has 1 aromatic heterocycles. The molecule has 0 amide bonds. The smallest absolute Gasteiger partial charge is 0.310 e. The molecule has 7 heteroatoms. The lowest BCUT2D eigenvalue weighted by Gasteiger charge is -2.13. The molecule has 0 saturated heterocycles. The summed E-state index contributed by atoms with van der Waals surface area (Å²) in [6, 6.07) is 21.4. The molecular formula is C30H31NO5S. The maximum Gasteiger partial charge on any atom is 0.310 e. The zero-order chi connectivity index (χ0) is 26.4. The van der Waals surface area contributed by atoms with Crippen molar-refractivity contribution in [2.24, 2.45) is 4.40 Å². The van der Waals surface area contributed by atoms with Gasteiger partial charge >= 0.3 is 5.97 Å². The van der Waals surface area contributed by atoms with E-state index in [2.05, 4.69) is 4.40 Å². The molecule has 3 aromatic carbocycles. The maximum atomic E-state index is 12.3. The van der Waals surface area contributed by atoms with Crippen LogP contribution in [0.4, 0.5) is 0 Å². The largest absolute Gasteiger partial charge is 0.489 e. The molecule has 0 aliphatic rings. The first-order valence-electron chi connectivity index (χ1n) is 12.2. The van der Waals surface area contributed by atoms with Crippen molar-refractivity contribution in [3.63, 3.8) is 0 Å². The Kier molecular flexibility index (Phi) is 8.24. The van der Waals surface area contributed by atoms with E-state index in [-0.39, 0.29) is 12.4 Å². The highest BCUT2D eigenvalue weighted by atomic mass is 32.2. The van der Waals surface area contributed by atoms with E-state index >= 15 is 0 Å². The second-order valence-electron chi connectivity index (χ2n) is 9.58. The molecule has 0 saturated carbocycles. The van der Waals surface area contributed by atoms with Crippen molar-refractivity contribution in [2.75, 3.05) is 6.61 Å². The van der Waals surface area contributed by atoms with Crippen LogP contribution in [-0.4, -0.2) is 27.7 Å². The number of nitrogens with zero attached hydrogens (tertiary/aromatic N) is 1. The first kappa shape index (κ1) is 26.4. The highest BCUT2D eigenvalue weighted by Gasteiger charge is 2.18. The standard InChI is InChI=1S/C30H31NO5S/c1-5-34-28(32)18-24-10-6-7-12-27(24)36-20-22-16-25-13-14-35-29(25)26(17-22)23-11-8-9-21(15-23)19-31-37(33)30(2,3)4/h6-17,19H,5,18,20H2,1-4H3/b31-19+. The summed E-state index contributed by atoms with van der Waals surface area (Å²) < 4.78 is 33.2. The van der Waals surface area contributed by atoms with Crippen LogP contribution in [0.5, 0.6) is 5.75 Å². The van der Waals surface area contributed by atoms with Crippen molar-refractivity contribution in [1.29, 1.82) is 0 Å². The number of furan rings is 1. The molecule has 1 atom stereocenters. The predicted octanol–water partition coefficient (Wildman–Crippen LogP) is 6.67. The van der Waals surface area contributed by atoms with E-state index in [0.717, 1.165) is 38.8 Å². The van der Waals surface area contributed by atoms with Crippen LogP contribution in [0, 0.1) is 0 Å². The number of hydrogen-bond acceptors (Lipinski definition) is 5. The normalized spacial score (nSPS) is 12.6. The van der Waals surface area contributed by atoms with Crippen molar-refractivity contribution >= 4 is 34.1 Å². The van der Waals surface area contributed by atoms with Gasteiger partial charge in [0.2, 0.25) is 0 Å². The highest BCUT2D eigenvalue weighted by molar-refractivity contribution is 7.85. The molecule has 192 valence electrons. The van der Waals surface area contributed by atoms with Gasteiger partial charge in [-0.05, 0) is 74.7 Å². The molecule has 0 bridgehead atoms. The number of para-hydroxylation sites is 1. The fourth-order valence-corrected chi connectivity index (χ4v) is 4.35. The molecule has 0 radical (unpaired) electrons. The van der Waals surface area contributed by atoms with Gasteiger partial charge in [0.25, 0.3) is 0 Å². The van der Waals surface area contributed by atoms with Crippen molar-refractivity contribution in [2.45, 2.75) is 45.5 Å². The fourth-order valence-electron chi connectivity index (χ4n) is 3.81. The van der Waals surface area contributed by atoms with Crippen molar-refractivity contribution in [1.82, 2.24) is 0 Å². The summed E-state index contributed by atoms with van der Waals surface area (Å²) in [6.07, 6.45) is 3.48. The minimum atomic E-state index is -1.33. The van der Waals surface area contributed by atoms with E-state index in [1.54, 1.807) is 19.4 Å². The average Bonchev–Trinajstić information content (AvgIpc) is 3.35. The molecule has 37 heavy (non-hydrogen) atoms. The number of carbonyl (C=O) groups excluding carboxylic acids is 1. The number of carbonyl (C=O) groups is 1. The molecule has 0 N–H and O–H groups in total. The summed E-state index contributed by atoms with van der Waals surface area (Å²) >= 11 is 0. The average molecular weight is 518 g/mol. The van der Waals surface area contributed by atoms with Crippen LogP contribution in [0.3, 0.4) is 0 Å². The summed E-state index contributed by atoms with van der Waals surface area (Å²) in [7, 11) is -1.33. The van der Waals surface area contributed by atoms with Crippen LogP contribution in [0.2, 0.25) is 0 Å². The van der Waals surface area contributed by atoms with Gasteiger partial charge in [-0.25, -0.2) is 4.21 Å². The lowest BCUT2D eigenvalue weighted by molar-refractivity contribution is -0.142. The molecule has 0 fully saturated rings. The second kappa shape index (κ2) is 11.6. The molecule has 1 unspecified atom stereocenters. The van der Waals surface area contributed by atoms with Gasteiger partial charge in [-0.3, -0.25) is 4.79 Å². The summed E-state index contributed by atoms with van der Waals surface area (Å²) in [5.41, 5.74) is 5.25. The van der Waals surface area contributed by atoms with Crippen LogP contribution in [0.1, 0.15) is 44.4 Å². The minimum Gasteiger partial charge on any atom is -0.489 e. The Morgan fingerprint density at radius 2 is 1.86 bits per heavy atom. The Morgan fingerprint density at radius 1 is 1.05 bits per heavy atom. The quantitative estimate of drug-likeness (QED) is 0.183. The van der Waals surface area contributed by atoms with Crippen molar-refractivity contribution in [3.05, 3.63) is 89.7 Å². The monoisotopic (exact) mass is 517 g/mol. The number of hydrogen-bond donors (Lipinski definition) is 0. The van der Waals surface area contributed by atoms with Gasteiger partial charge in [0.1, 0.15) is 28.9 Å². The topological polar surface area (TPSA) is 78.1 Å². The van der Waals surface area contributed by atoms with Crippen LogP contribution in [0.25, 0.3) is 22.1 Å². The van der Waals surface area contributed by atoms with Crippen LogP contribution < -0.4 is 4.74 Å². The Morgan fingerprint density at radius 3 is 2.65 bits per heavy atom. The Labute approximate surface area is 219 Å². The molecule has 0 aliphatic carbocycles. The number of rotatable bonds is 9. The predicted molar refractivity (Wildman–Crippen MR) is 148 cm³/mol. The molecular weight excluding hydrogens is 486 g/mol. The minimum absolute atomic E-state index is 0.157. The van der Waals surface area contributed by atoms with Gasteiger partial charge in [0.05, 0.1) is 24.0 Å². The third kappa shape index (κ3) is 6.74. The first-order valence-corrected chi connectivity index (χ1v) is 13.3. The van der Waals surface area contributed by atoms with Crippen molar-refractivity contribution in [3.8, 4) is 16.9 Å².